The zero-order valence-corrected chi connectivity index (χ0v) is 7.30. The van der Waals surface area contributed by atoms with Crippen LogP contribution in [0.2, 0.25) is 0 Å². The minimum atomic E-state index is -2.70. The molecule has 1 aliphatic heterocycles. The summed E-state index contributed by atoms with van der Waals surface area (Å²) in [7, 11) is 0. The second-order valence-corrected chi connectivity index (χ2v) is 3.43. The van der Waals surface area contributed by atoms with E-state index in [-0.39, 0.29) is 13.0 Å². The molecule has 0 aromatic carbocycles. The van der Waals surface area contributed by atoms with Crippen molar-refractivity contribution in [2.45, 2.75) is 18.4 Å². The first-order chi connectivity index (χ1) is 6.57. The largest absolute Gasteiger partial charge is 0.304 e. The molecule has 2 heterocycles. The Balaban J connectivity index is 2.17. The van der Waals surface area contributed by atoms with Gasteiger partial charge in [0.25, 0.3) is 5.92 Å². The molecular weight excluding hydrogens is 193 g/mol. The zero-order valence-electron chi connectivity index (χ0n) is 7.30. The first-order valence-electron chi connectivity index (χ1n) is 4.28. The van der Waals surface area contributed by atoms with E-state index >= 15 is 0 Å². The summed E-state index contributed by atoms with van der Waals surface area (Å²) < 4.78 is 38.3. The standard InChI is InChI=1S/C9H9F3N2/c10-7-1-6(3-13-4-7)8-2-9(11,12)5-14-8/h1,3-4,8,14H,2,5H2. The lowest BCUT2D eigenvalue weighted by Gasteiger charge is -2.09. The fraction of sp³-hybridized carbons (Fsp3) is 0.444. The number of pyridine rings is 1. The van der Waals surface area contributed by atoms with Crippen molar-refractivity contribution in [2.24, 2.45) is 0 Å². The van der Waals surface area contributed by atoms with E-state index in [1.807, 2.05) is 0 Å². The summed E-state index contributed by atoms with van der Waals surface area (Å²) in [5, 5.41) is 2.63. The highest BCUT2D eigenvalue weighted by Crippen LogP contribution is 2.33. The van der Waals surface area contributed by atoms with Crippen molar-refractivity contribution in [1.82, 2.24) is 10.3 Å². The van der Waals surface area contributed by atoms with Gasteiger partial charge in [-0.15, -0.1) is 0 Å². The van der Waals surface area contributed by atoms with Gasteiger partial charge in [-0.2, -0.15) is 0 Å². The van der Waals surface area contributed by atoms with Gasteiger partial charge in [0.1, 0.15) is 5.82 Å². The highest BCUT2D eigenvalue weighted by molar-refractivity contribution is 5.17. The summed E-state index contributed by atoms with van der Waals surface area (Å²) in [5.41, 5.74) is 0.474. The predicted molar refractivity (Wildman–Crippen MR) is 44.5 cm³/mol. The van der Waals surface area contributed by atoms with Crippen LogP contribution in [0, 0.1) is 5.82 Å². The van der Waals surface area contributed by atoms with Crippen LogP contribution in [0.3, 0.4) is 0 Å². The normalized spacial score (nSPS) is 25.2. The average Bonchev–Trinajstić information content (AvgIpc) is 2.46. The van der Waals surface area contributed by atoms with Gasteiger partial charge < -0.3 is 5.32 Å². The molecule has 0 spiro atoms. The van der Waals surface area contributed by atoms with Crippen molar-refractivity contribution >= 4 is 0 Å². The maximum absolute atomic E-state index is 12.8. The van der Waals surface area contributed by atoms with Gasteiger partial charge in [0.2, 0.25) is 0 Å². The third-order valence-electron chi connectivity index (χ3n) is 2.24. The lowest BCUT2D eigenvalue weighted by atomic mass is 10.1. The summed E-state index contributed by atoms with van der Waals surface area (Å²) >= 11 is 0. The molecule has 0 aliphatic carbocycles. The molecule has 0 radical (unpaired) electrons. The summed E-state index contributed by atoms with van der Waals surface area (Å²) in [4.78, 5) is 3.62. The number of nitrogens with one attached hydrogen (secondary N) is 1. The van der Waals surface area contributed by atoms with Gasteiger partial charge in [-0.1, -0.05) is 0 Å². The second kappa shape index (κ2) is 3.24. The Morgan fingerprint density at radius 3 is 2.79 bits per heavy atom. The second-order valence-electron chi connectivity index (χ2n) is 3.43. The lowest BCUT2D eigenvalue weighted by molar-refractivity contribution is 0.0210. The fourth-order valence-corrected chi connectivity index (χ4v) is 1.57. The summed E-state index contributed by atoms with van der Waals surface area (Å²) in [5.74, 6) is -3.20. The van der Waals surface area contributed by atoms with Gasteiger partial charge in [-0.25, -0.2) is 13.2 Å². The van der Waals surface area contributed by atoms with Crippen LogP contribution >= 0.6 is 0 Å². The van der Waals surface area contributed by atoms with Gasteiger partial charge in [-0.05, 0) is 11.6 Å². The molecule has 76 valence electrons. The Morgan fingerprint density at radius 1 is 1.43 bits per heavy atom. The molecule has 1 unspecified atom stereocenters. The SMILES string of the molecule is Fc1cncc(C2CC(F)(F)CN2)c1. The molecule has 1 atom stereocenters. The Morgan fingerprint density at radius 2 is 2.21 bits per heavy atom. The van der Waals surface area contributed by atoms with Crippen molar-refractivity contribution in [1.29, 1.82) is 0 Å². The molecule has 14 heavy (non-hydrogen) atoms. The first-order valence-corrected chi connectivity index (χ1v) is 4.28. The quantitative estimate of drug-likeness (QED) is 0.752. The van der Waals surface area contributed by atoms with E-state index in [4.69, 9.17) is 0 Å². The van der Waals surface area contributed by atoms with Crippen LogP contribution in [-0.2, 0) is 0 Å². The fourth-order valence-electron chi connectivity index (χ4n) is 1.57. The Labute approximate surface area is 79.2 Å². The van der Waals surface area contributed by atoms with Crippen molar-refractivity contribution in [3.05, 3.63) is 29.8 Å². The molecule has 1 saturated heterocycles. The van der Waals surface area contributed by atoms with E-state index in [1.54, 1.807) is 0 Å². The van der Waals surface area contributed by atoms with Crippen LogP contribution in [0.1, 0.15) is 18.0 Å². The van der Waals surface area contributed by atoms with Crippen LogP contribution in [0.5, 0.6) is 0 Å². The number of rotatable bonds is 1. The zero-order chi connectivity index (χ0) is 10.2. The Bertz CT molecular complexity index is 341. The Hall–Kier alpha value is -1.10. The highest BCUT2D eigenvalue weighted by atomic mass is 19.3. The maximum atomic E-state index is 12.8. The van der Waals surface area contributed by atoms with Gasteiger partial charge in [0.15, 0.2) is 0 Å². The summed E-state index contributed by atoms with van der Waals surface area (Å²) in [6.45, 7) is -0.353. The minimum absolute atomic E-state index is 0.294. The van der Waals surface area contributed by atoms with E-state index in [9.17, 15) is 13.2 Å². The third kappa shape index (κ3) is 1.87. The van der Waals surface area contributed by atoms with Gasteiger partial charge in [-0.3, -0.25) is 4.98 Å². The molecular formula is C9H9F3N2. The van der Waals surface area contributed by atoms with Crippen LogP contribution in [0.25, 0.3) is 0 Å². The number of alkyl halides is 2. The minimum Gasteiger partial charge on any atom is -0.304 e. The number of aromatic nitrogens is 1. The van der Waals surface area contributed by atoms with E-state index < -0.39 is 17.8 Å². The van der Waals surface area contributed by atoms with Crippen LogP contribution in [0.15, 0.2) is 18.5 Å². The van der Waals surface area contributed by atoms with Gasteiger partial charge in [0.05, 0.1) is 12.7 Å². The molecule has 1 N–H and O–H groups in total. The topological polar surface area (TPSA) is 24.9 Å². The van der Waals surface area contributed by atoms with Crippen LogP contribution in [0.4, 0.5) is 13.2 Å². The van der Waals surface area contributed by atoms with Crippen LogP contribution in [-0.4, -0.2) is 17.5 Å². The average molecular weight is 202 g/mol. The highest BCUT2D eigenvalue weighted by Gasteiger charge is 2.39. The molecule has 5 heteroatoms. The van der Waals surface area contributed by atoms with Crippen molar-refractivity contribution < 1.29 is 13.2 Å². The molecule has 1 aliphatic rings. The lowest BCUT2D eigenvalue weighted by Crippen LogP contribution is -2.19. The number of hydrogen-bond acceptors (Lipinski definition) is 2. The Kier molecular flexibility index (Phi) is 2.19. The van der Waals surface area contributed by atoms with Crippen molar-refractivity contribution in [2.75, 3.05) is 6.54 Å². The van der Waals surface area contributed by atoms with E-state index in [0.29, 0.717) is 5.56 Å². The molecule has 0 amide bonds. The molecule has 2 rings (SSSR count). The van der Waals surface area contributed by atoms with Crippen molar-refractivity contribution in [3.8, 4) is 0 Å². The van der Waals surface area contributed by atoms with Gasteiger partial charge in [0, 0.05) is 18.7 Å². The number of halogens is 3. The monoisotopic (exact) mass is 202 g/mol. The van der Waals surface area contributed by atoms with Gasteiger partial charge >= 0.3 is 0 Å². The predicted octanol–water partition coefficient (Wildman–Crippen LogP) is 1.89. The van der Waals surface area contributed by atoms with Crippen LogP contribution < -0.4 is 5.32 Å². The van der Waals surface area contributed by atoms with Crippen molar-refractivity contribution in [3.63, 3.8) is 0 Å². The van der Waals surface area contributed by atoms with E-state index in [0.717, 1.165) is 6.20 Å². The molecule has 0 saturated carbocycles. The number of nitrogens with zero attached hydrogens (tertiary/aromatic N) is 1. The van der Waals surface area contributed by atoms with E-state index in [2.05, 4.69) is 10.3 Å². The third-order valence-corrected chi connectivity index (χ3v) is 2.24. The first kappa shape index (κ1) is 9.45. The smallest absolute Gasteiger partial charge is 0.262 e. The van der Waals surface area contributed by atoms with E-state index in [1.165, 1.54) is 12.3 Å². The summed E-state index contributed by atoms with van der Waals surface area (Å²) in [6, 6.07) is 0.736. The summed E-state index contributed by atoms with van der Waals surface area (Å²) in [6.07, 6.45) is 2.16. The molecule has 1 aromatic rings. The number of hydrogen-bond donors (Lipinski definition) is 1. The molecule has 1 aromatic heterocycles. The maximum Gasteiger partial charge on any atom is 0.262 e. The molecule has 2 nitrogen and oxygen atoms in total. The molecule has 1 fully saturated rings. The molecule has 0 bridgehead atoms.